The monoisotopic (exact) mass is 262 g/mol. The van der Waals surface area contributed by atoms with E-state index >= 15 is 0 Å². The highest BCUT2D eigenvalue weighted by molar-refractivity contribution is 6.01. The third-order valence-corrected chi connectivity index (χ3v) is 3.80. The molecule has 1 unspecified atom stereocenters. The Labute approximate surface area is 119 Å². The van der Waals surface area contributed by atoms with Gasteiger partial charge in [-0.25, -0.2) is 0 Å². The second kappa shape index (κ2) is 4.61. The molecule has 0 radical (unpaired) electrons. The zero-order valence-corrected chi connectivity index (χ0v) is 14.1. The molecule has 19 heavy (non-hydrogen) atoms. The predicted molar refractivity (Wildman–Crippen MR) is 83.0 cm³/mol. The highest BCUT2D eigenvalue weighted by Crippen LogP contribution is 2.43. The standard InChI is InChI=1S/C18H30O/c1-16(2,3)12-10-13(17(4,5)6)15(19)14(11-12)18(7,8)9/h10-11,13H,1-9H3. The molecule has 0 fully saturated rings. The van der Waals surface area contributed by atoms with Gasteiger partial charge in [0.15, 0.2) is 5.78 Å². The lowest BCUT2D eigenvalue weighted by atomic mass is 9.66. The van der Waals surface area contributed by atoms with Crippen molar-refractivity contribution in [2.75, 3.05) is 0 Å². The molecule has 0 bridgehead atoms. The van der Waals surface area contributed by atoms with Gasteiger partial charge in [0.25, 0.3) is 0 Å². The molecule has 0 amide bonds. The van der Waals surface area contributed by atoms with E-state index in [9.17, 15) is 4.79 Å². The molecule has 0 aromatic carbocycles. The summed E-state index contributed by atoms with van der Waals surface area (Å²) in [5.41, 5.74) is 2.22. The topological polar surface area (TPSA) is 17.1 Å². The van der Waals surface area contributed by atoms with Crippen LogP contribution in [-0.2, 0) is 4.79 Å². The van der Waals surface area contributed by atoms with Crippen LogP contribution in [0, 0.1) is 22.2 Å². The van der Waals surface area contributed by atoms with Gasteiger partial charge in [0.05, 0.1) is 0 Å². The van der Waals surface area contributed by atoms with Crippen LogP contribution in [0.3, 0.4) is 0 Å². The van der Waals surface area contributed by atoms with Crippen LogP contribution in [-0.4, -0.2) is 5.78 Å². The number of allylic oxidation sites excluding steroid dienone is 4. The lowest BCUT2D eigenvalue weighted by molar-refractivity contribution is -0.121. The maximum absolute atomic E-state index is 12.8. The Morgan fingerprint density at radius 1 is 0.842 bits per heavy atom. The van der Waals surface area contributed by atoms with Crippen molar-refractivity contribution in [1.29, 1.82) is 0 Å². The molecule has 1 rings (SSSR count). The normalized spacial score (nSPS) is 22.2. The van der Waals surface area contributed by atoms with Crippen molar-refractivity contribution in [3.63, 3.8) is 0 Å². The fraction of sp³-hybridized carbons (Fsp3) is 0.722. The van der Waals surface area contributed by atoms with Gasteiger partial charge in [-0.1, -0.05) is 74.5 Å². The van der Waals surface area contributed by atoms with Gasteiger partial charge in [0, 0.05) is 11.5 Å². The van der Waals surface area contributed by atoms with E-state index in [1.54, 1.807) is 0 Å². The average molecular weight is 262 g/mol. The van der Waals surface area contributed by atoms with Gasteiger partial charge in [0.1, 0.15) is 0 Å². The van der Waals surface area contributed by atoms with Gasteiger partial charge in [-0.05, 0) is 21.8 Å². The van der Waals surface area contributed by atoms with Gasteiger partial charge in [-0.3, -0.25) is 4.79 Å². The molecule has 0 aliphatic heterocycles. The molecular weight excluding hydrogens is 232 g/mol. The smallest absolute Gasteiger partial charge is 0.166 e. The van der Waals surface area contributed by atoms with Crippen molar-refractivity contribution in [3.05, 3.63) is 23.3 Å². The lowest BCUT2D eigenvalue weighted by Crippen LogP contribution is -2.35. The van der Waals surface area contributed by atoms with Gasteiger partial charge >= 0.3 is 0 Å². The number of carbonyl (C=O) groups is 1. The first-order valence-electron chi connectivity index (χ1n) is 7.23. The summed E-state index contributed by atoms with van der Waals surface area (Å²) in [5.74, 6) is 0.286. The van der Waals surface area contributed by atoms with E-state index in [-0.39, 0.29) is 22.2 Å². The molecule has 108 valence electrons. The van der Waals surface area contributed by atoms with E-state index in [4.69, 9.17) is 0 Å². The Hall–Kier alpha value is -0.850. The maximum atomic E-state index is 12.8. The Kier molecular flexibility index (Phi) is 3.93. The fourth-order valence-corrected chi connectivity index (χ4v) is 2.39. The quantitative estimate of drug-likeness (QED) is 0.588. The molecule has 1 nitrogen and oxygen atoms in total. The van der Waals surface area contributed by atoms with Gasteiger partial charge in [-0.15, -0.1) is 0 Å². The molecular formula is C18H30O. The van der Waals surface area contributed by atoms with E-state index in [1.807, 2.05) is 0 Å². The second-order valence-corrected chi connectivity index (χ2v) is 8.89. The van der Waals surface area contributed by atoms with Gasteiger partial charge in [0.2, 0.25) is 0 Å². The van der Waals surface area contributed by atoms with Crippen molar-refractivity contribution in [2.24, 2.45) is 22.2 Å². The van der Waals surface area contributed by atoms with Crippen LogP contribution in [0.5, 0.6) is 0 Å². The molecule has 0 aromatic rings. The number of ketones is 1. The Morgan fingerprint density at radius 2 is 1.32 bits per heavy atom. The van der Waals surface area contributed by atoms with Crippen LogP contribution in [0.2, 0.25) is 0 Å². The molecule has 1 heteroatoms. The van der Waals surface area contributed by atoms with Crippen molar-refractivity contribution < 1.29 is 4.79 Å². The average Bonchev–Trinajstić information content (AvgIpc) is 2.11. The molecule has 1 aliphatic rings. The summed E-state index contributed by atoms with van der Waals surface area (Å²) in [5, 5.41) is 0. The van der Waals surface area contributed by atoms with E-state index in [0.29, 0.717) is 5.78 Å². The second-order valence-electron chi connectivity index (χ2n) is 8.89. The molecule has 0 heterocycles. The van der Waals surface area contributed by atoms with Crippen LogP contribution < -0.4 is 0 Å². The fourth-order valence-electron chi connectivity index (χ4n) is 2.39. The summed E-state index contributed by atoms with van der Waals surface area (Å²) in [7, 11) is 0. The van der Waals surface area contributed by atoms with Crippen LogP contribution in [0.4, 0.5) is 0 Å². The highest BCUT2D eigenvalue weighted by atomic mass is 16.1. The van der Waals surface area contributed by atoms with Crippen molar-refractivity contribution >= 4 is 5.78 Å². The summed E-state index contributed by atoms with van der Waals surface area (Å²) in [4.78, 5) is 12.8. The molecule has 0 N–H and O–H groups in total. The van der Waals surface area contributed by atoms with Crippen LogP contribution in [0.15, 0.2) is 23.3 Å². The summed E-state index contributed by atoms with van der Waals surface area (Å²) in [6, 6.07) is 0. The van der Waals surface area contributed by atoms with Crippen molar-refractivity contribution in [2.45, 2.75) is 62.3 Å². The van der Waals surface area contributed by atoms with Crippen molar-refractivity contribution in [3.8, 4) is 0 Å². The minimum Gasteiger partial charge on any atom is -0.294 e. The zero-order valence-electron chi connectivity index (χ0n) is 14.1. The van der Waals surface area contributed by atoms with Crippen LogP contribution >= 0.6 is 0 Å². The SMILES string of the molecule is CC(C)(C)C1=CC(C(C)(C)C)C(=O)C(C(C)(C)C)=C1. The van der Waals surface area contributed by atoms with Gasteiger partial charge < -0.3 is 0 Å². The molecule has 1 atom stereocenters. The highest BCUT2D eigenvalue weighted by Gasteiger charge is 2.39. The van der Waals surface area contributed by atoms with Crippen LogP contribution in [0.1, 0.15) is 62.3 Å². The Balaban J connectivity index is 3.41. The Bertz CT molecular complexity index is 428. The predicted octanol–water partition coefficient (Wildman–Crippen LogP) is 5.18. The zero-order chi connectivity index (χ0) is 15.2. The molecule has 0 spiro atoms. The first-order chi connectivity index (χ1) is 8.24. The molecule has 0 aromatic heterocycles. The van der Waals surface area contributed by atoms with Crippen LogP contribution in [0.25, 0.3) is 0 Å². The van der Waals surface area contributed by atoms with E-state index in [2.05, 4.69) is 74.5 Å². The number of Topliss-reactive ketones (excluding diaryl/α,β-unsaturated/α-hetero) is 1. The first kappa shape index (κ1) is 16.2. The Morgan fingerprint density at radius 3 is 1.63 bits per heavy atom. The molecule has 0 saturated carbocycles. The third kappa shape index (κ3) is 3.58. The third-order valence-electron chi connectivity index (χ3n) is 3.80. The lowest BCUT2D eigenvalue weighted by Gasteiger charge is -2.37. The summed E-state index contributed by atoms with van der Waals surface area (Å²) in [6.45, 7) is 19.5. The van der Waals surface area contributed by atoms with E-state index in [1.165, 1.54) is 5.57 Å². The van der Waals surface area contributed by atoms with E-state index in [0.717, 1.165) is 5.57 Å². The summed E-state index contributed by atoms with van der Waals surface area (Å²) < 4.78 is 0. The number of rotatable bonds is 0. The number of carbonyl (C=O) groups excluding carboxylic acids is 1. The maximum Gasteiger partial charge on any atom is 0.166 e. The minimum atomic E-state index is -0.0919. The minimum absolute atomic E-state index is 0.0130. The van der Waals surface area contributed by atoms with Gasteiger partial charge in [-0.2, -0.15) is 0 Å². The number of hydrogen-bond acceptors (Lipinski definition) is 1. The first-order valence-corrected chi connectivity index (χ1v) is 7.23. The summed E-state index contributed by atoms with van der Waals surface area (Å²) >= 11 is 0. The largest absolute Gasteiger partial charge is 0.294 e. The number of hydrogen-bond donors (Lipinski definition) is 0. The van der Waals surface area contributed by atoms with Crippen molar-refractivity contribution in [1.82, 2.24) is 0 Å². The molecule has 1 aliphatic carbocycles. The summed E-state index contributed by atoms with van der Waals surface area (Å²) in [6.07, 6.45) is 4.32. The molecule has 0 saturated heterocycles. The van der Waals surface area contributed by atoms with E-state index < -0.39 is 0 Å².